The Morgan fingerprint density at radius 3 is 2.63 bits per heavy atom. The topological polar surface area (TPSA) is 60.5 Å². The molecule has 1 amide bonds. The van der Waals surface area contributed by atoms with E-state index in [0.29, 0.717) is 22.2 Å². The van der Waals surface area contributed by atoms with Gasteiger partial charge in [-0.2, -0.15) is 0 Å². The Labute approximate surface area is 170 Å². The van der Waals surface area contributed by atoms with Crippen molar-refractivity contribution >= 4 is 33.2 Å². The molecule has 5 nitrogen and oxygen atoms in total. The molecule has 0 radical (unpaired) electrons. The SMILES string of the molecule is COc1cccc(-c2nc(C(=O)NC(C)c3ccccc3Br)cs2)c1OC. The molecule has 140 valence electrons. The van der Waals surface area contributed by atoms with Crippen LogP contribution in [0.2, 0.25) is 0 Å². The largest absolute Gasteiger partial charge is 0.493 e. The monoisotopic (exact) mass is 446 g/mol. The summed E-state index contributed by atoms with van der Waals surface area (Å²) in [6.45, 7) is 1.94. The first-order valence-corrected chi connectivity index (χ1v) is 9.94. The number of benzene rings is 2. The van der Waals surface area contributed by atoms with Gasteiger partial charge in [0.15, 0.2) is 11.5 Å². The Morgan fingerprint density at radius 2 is 1.93 bits per heavy atom. The maximum atomic E-state index is 12.6. The number of nitrogens with zero attached hydrogens (tertiary/aromatic N) is 1. The minimum Gasteiger partial charge on any atom is -0.493 e. The molecule has 0 bridgehead atoms. The Bertz CT molecular complexity index is 958. The fraction of sp³-hybridized carbons (Fsp3) is 0.200. The van der Waals surface area contributed by atoms with Crippen molar-refractivity contribution in [2.75, 3.05) is 14.2 Å². The van der Waals surface area contributed by atoms with Gasteiger partial charge in [0.1, 0.15) is 10.7 Å². The molecular weight excluding hydrogens is 428 g/mol. The average Bonchev–Trinajstić information content (AvgIpc) is 3.17. The van der Waals surface area contributed by atoms with E-state index in [0.717, 1.165) is 15.6 Å². The van der Waals surface area contributed by atoms with Crippen molar-refractivity contribution in [3.63, 3.8) is 0 Å². The Kier molecular flexibility index (Phi) is 6.13. The van der Waals surface area contributed by atoms with Crippen LogP contribution in [0.4, 0.5) is 0 Å². The smallest absolute Gasteiger partial charge is 0.271 e. The van der Waals surface area contributed by atoms with Crippen LogP contribution in [0.5, 0.6) is 11.5 Å². The number of carbonyl (C=O) groups excluding carboxylic acids is 1. The first-order chi connectivity index (χ1) is 13.0. The van der Waals surface area contributed by atoms with Gasteiger partial charge in [0.2, 0.25) is 0 Å². The quantitative estimate of drug-likeness (QED) is 0.573. The molecular formula is C20H19BrN2O3S. The summed E-state index contributed by atoms with van der Waals surface area (Å²) in [4.78, 5) is 17.1. The van der Waals surface area contributed by atoms with E-state index in [1.165, 1.54) is 11.3 Å². The minimum atomic E-state index is -0.220. The molecule has 0 saturated heterocycles. The molecule has 0 spiro atoms. The number of para-hydroxylation sites is 1. The van der Waals surface area contributed by atoms with E-state index in [1.54, 1.807) is 19.6 Å². The van der Waals surface area contributed by atoms with Crippen molar-refractivity contribution in [1.29, 1.82) is 0 Å². The zero-order valence-corrected chi connectivity index (χ0v) is 17.6. The summed E-state index contributed by atoms with van der Waals surface area (Å²) in [6, 6.07) is 13.2. The van der Waals surface area contributed by atoms with Gasteiger partial charge in [-0.05, 0) is 30.7 Å². The second-order valence-electron chi connectivity index (χ2n) is 5.80. The lowest BCUT2D eigenvalue weighted by molar-refractivity contribution is 0.0935. The molecule has 3 aromatic rings. The van der Waals surface area contributed by atoms with Gasteiger partial charge in [-0.15, -0.1) is 11.3 Å². The molecule has 0 fully saturated rings. The van der Waals surface area contributed by atoms with E-state index in [-0.39, 0.29) is 11.9 Å². The molecule has 0 aliphatic carbocycles. The zero-order chi connectivity index (χ0) is 19.4. The summed E-state index contributed by atoms with van der Waals surface area (Å²) < 4.78 is 11.8. The number of rotatable bonds is 6. The second-order valence-corrected chi connectivity index (χ2v) is 7.51. The van der Waals surface area contributed by atoms with Gasteiger partial charge in [0.05, 0.1) is 25.8 Å². The number of carbonyl (C=O) groups is 1. The third kappa shape index (κ3) is 4.14. The highest BCUT2D eigenvalue weighted by Gasteiger charge is 2.19. The van der Waals surface area contributed by atoms with Crippen LogP contribution in [0.1, 0.15) is 29.0 Å². The van der Waals surface area contributed by atoms with Gasteiger partial charge < -0.3 is 14.8 Å². The molecule has 27 heavy (non-hydrogen) atoms. The van der Waals surface area contributed by atoms with Gasteiger partial charge >= 0.3 is 0 Å². The number of halogens is 1. The normalized spacial score (nSPS) is 11.7. The first kappa shape index (κ1) is 19.4. The van der Waals surface area contributed by atoms with Crippen LogP contribution in [-0.2, 0) is 0 Å². The van der Waals surface area contributed by atoms with Crippen molar-refractivity contribution < 1.29 is 14.3 Å². The van der Waals surface area contributed by atoms with Crippen LogP contribution in [0.25, 0.3) is 10.6 Å². The minimum absolute atomic E-state index is 0.149. The molecule has 7 heteroatoms. The third-order valence-electron chi connectivity index (χ3n) is 4.09. The lowest BCUT2D eigenvalue weighted by Gasteiger charge is -2.15. The van der Waals surface area contributed by atoms with Gasteiger partial charge in [-0.25, -0.2) is 4.98 Å². The molecule has 1 N–H and O–H groups in total. The maximum absolute atomic E-state index is 12.6. The van der Waals surface area contributed by atoms with E-state index in [2.05, 4.69) is 26.2 Å². The Hall–Kier alpha value is -2.38. The Balaban J connectivity index is 1.82. The first-order valence-electron chi connectivity index (χ1n) is 8.27. The predicted octanol–water partition coefficient (Wildman–Crippen LogP) is 5.08. The van der Waals surface area contributed by atoms with E-state index in [9.17, 15) is 4.79 Å². The molecule has 1 aromatic heterocycles. The number of amides is 1. The molecule has 0 saturated carbocycles. The van der Waals surface area contributed by atoms with Crippen LogP contribution >= 0.6 is 27.3 Å². The van der Waals surface area contributed by atoms with Crippen molar-refractivity contribution in [2.45, 2.75) is 13.0 Å². The van der Waals surface area contributed by atoms with Crippen LogP contribution < -0.4 is 14.8 Å². The van der Waals surface area contributed by atoms with Crippen LogP contribution in [0.15, 0.2) is 52.3 Å². The van der Waals surface area contributed by atoms with Crippen LogP contribution in [0.3, 0.4) is 0 Å². The van der Waals surface area contributed by atoms with Crippen molar-refractivity contribution in [1.82, 2.24) is 10.3 Å². The summed E-state index contributed by atoms with van der Waals surface area (Å²) in [7, 11) is 3.17. The lowest BCUT2D eigenvalue weighted by Crippen LogP contribution is -2.27. The Morgan fingerprint density at radius 1 is 1.15 bits per heavy atom. The molecule has 1 atom stereocenters. The maximum Gasteiger partial charge on any atom is 0.271 e. The summed E-state index contributed by atoms with van der Waals surface area (Å²) >= 11 is 4.91. The predicted molar refractivity (Wildman–Crippen MR) is 111 cm³/mol. The molecule has 3 rings (SSSR count). The summed E-state index contributed by atoms with van der Waals surface area (Å²) in [5, 5.41) is 5.43. The molecule has 0 aliphatic rings. The lowest BCUT2D eigenvalue weighted by atomic mass is 10.1. The van der Waals surface area contributed by atoms with Gasteiger partial charge in [0.25, 0.3) is 5.91 Å². The van der Waals surface area contributed by atoms with Gasteiger partial charge in [0, 0.05) is 9.85 Å². The zero-order valence-electron chi connectivity index (χ0n) is 15.2. The molecule has 1 unspecified atom stereocenters. The van der Waals surface area contributed by atoms with Crippen LogP contribution in [-0.4, -0.2) is 25.1 Å². The number of aromatic nitrogens is 1. The van der Waals surface area contributed by atoms with E-state index >= 15 is 0 Å². The van der Waals surface area contributed by atoms with Crippen LogP contribution in [0, 0.1) is 0 Å². The molecule has 2 aromatic carbocycles. The highest BCUT2D eigenvalue weighted by molar-refractivity contribution is 9.10. The van der Waals surface area contributed by atoms with Gasteiger partial charge in [-0.1, -0.05) is 40.2 Å². The summed E-state index contributed by atoms with van der Waals surface area (Å²) in [5.41, 5.74) is 2.18. The highest BCUT2D eigenvalue weighted by atomic mass is 79.9. The van der Waals surface area contributed by atoms with E-state index in [4.69, 9.17) is 9.47 Å². The number of ether oxygens (including phenoxy) is 2. The van der Waals surface area contributed by atoms with E-state index in [1.807, 2.05) is 49.4 Å². The summed E-state index contributed by atoms with van der Waals surface area (Å²) in [6.07, 6.45) is 0. The number of hydrogen-bond donors (Lipinski definition) is 1. The number of hydrogen-bond acceptors (Lipinski definition) is 5. The fourth-order valence-electron chi connectivity index (χ4n) is 2.73. The fourth-order valence-corrected chi connectivity index (χ4v) is 4.18. The number of nitrogens with one attached hydrogen (secondary N) is 1. The van der Waals surface area contributed by atoms with Crippen molar-refractivity contribution in [3.8, 4) is 22.1 Å². The standard InChI is InChI=1S/C20H19BrN2O3S/c1-12(13-7-4-5-9-15(13)21)22-19(24)16-11-27-20(23-16)14-8-6-10-17(25-2)18(14)26-3/h4-12H,1-3H3,(H,22,24). The average molecular weight is 447 g/mol. The van der Waals surface area contributed by atoms with E-state index < -0.39 is 0 Å². The second kappa shape index (κ2) is 8.54. The summed E-state index contributed by atoms with van der Waals surface area (Å²) in [5.74, 6) is 1.00. The number of thiazole rings is 1. The van der Waals surface area contributed by atoms with Crippen molar-refractivity contribution in [3.05, 3.63) is 63.6 Å². The van der Waals surface area contributed by atoms with Gasteiger partial charge in [-0.3, -0.25) is 4.79 Å². The number of methoxy groups -OCH3 is 2. The highest BCUT2D eigenvalue weighted by Crippen LogP contribution is 2.39. The third-order valence-corrected chi connectivity index (χ3v) is 5.69. The van der Waals surface area contributed by atoms with Crippen molar-refractivity contribution in [2.24, 2.45) is 0 Å². The molecule has 0 aliphatic heterocycles. The molecule has 1 heterocycles.